The maximum absolute atomic E-state index is 13.2. The molecule has 0 radical (unpaired) electrons. The summed E-state index contributed by atoms with van der Waals surface area (Å²) in [7, 11) is 0. The van der Waals surface area contributed by atoms with E-state index in [2.05, 4.69) is 0 Å². The number of benzene rings is 2. The topological polar surface area (TPSA) is 79.4 Å². The Kier molecular flexibility index (Phi) is 7.40. The van der Waals surface area contributed by atoms with Crippen molar-refractivity contribution in [3.63, 3.8) is 0 Å². The van der Waals surface area contributed by atoms with Crippen molar-refractivity contribution in [3.05, 3.63) is 66.2 Å². The normalized spacial score (nSPS) is 18.6. The minimum absolute atomic E-state index is 0.0149. The zero-order chi connectivity index (χ0) is 25.0. The third-order valence-corrected chi connectivity index (χ3v) is 5.94. The van der Waals surface area contributed by atoms with E-state index in [0.717, 1.165) is 18.5 Å². The number of amides is 2. The fourth-order valence-corrected chi connectivity index (χ4v) is 4.03. The van der Waals surface area contributed by atoms with Crippen LogP contribution in [0.5, 0.6) is 0 Å². The summed E-state index contributed by atoms with van der Waals surface area (Å²) in [6.07, 6.45) is 1.34. The number of para-hydroxylation sites is 1. The molecule has 0 N–H and O–H groups in total. The summed E-state index contributed by atoms with van der Waals surface area (Å²) < 4.78 is 5.58. The Hall–Kier alpha value is -3.39. The maximum atomic E-state index is 13.2. The lowest BCUT2D eigenvalue weighted by molar-refractivity contribution is -0.158. The van der Waals surface area contributed by atoms with Gasteiger partial charge in [-0.05, 0) is 57.9 Å². The molecule has 2 aliphatic rings. The molecule has 186 valence electrons. The van der Waals surface area contributed by atoms with Gasteiger partial charge in [0.1, 0.15) is 5.60 Å². The average Bonchev–Trinajstić information content (AvgIpc) is 3.68. The number of anilines is 1. The van der Waals surface area contributed by atoms with Gasteiger partial charge in [-0.1, -0.05) is 36.4 Å². The number of hydrogen-bond donors (Lipinski definition) is 0. The van der Waals surface area contributed by atoms with Crippen molar-refractivity contribution in [2.75, 3.05) is 31.1 Å². The highest BCUT2D eigenvalue weighted by atomic mass is 16.7. The molecule has 2 fully saturated rings. The predicted molar refractivity (Wildman–Crippen MR) is 132 cm³/mol. The molecule has 2 aromatic rings. The van der Waals surface area contributed by atoms with Crippen LogP contribution in [0.25, 0.3) is 0 Å². The molecule has 2 aromatic carbocycles. The number of carbonyl (C=O) groups is 3. The van der Waals surface area contributed by atoms with Crippen molar-refractivity contribution in [2.45, 2.75) is 45.3 Å². The van der Waals surface area contributed by atoms with Crippen LogP contribution in [0.3, 0.4) is 0 Å². The zero-order valence-electron chi connectivity index (χ0n) is 20.6. The fourth-order valence-electron chi connectivity index (χ4n) is 4.03. The number of rotatable bonds is 6. The van der Waals surface area contributed by atoms with Crippen LogP contribution in [0.2, 0.25) is 0 Å². The molecular weight excluding hydrogens is 446 g/mol. The lowest BCUT2D eigenvalue weighted by Crippen LogP contribution is -2.59. The lowest BCUT2D eigenvalue weighted by Gasteiger charge is -2.41. The highest BCUT2D eigenvalue weighted by molar-refractivity contribution is 5.96. The summed E-state index contributed by atoms with van der Waals surface area (Å²) in [4.78, 5) is 48.0. The van der Waals surface area contributed by atoms with Gasteiger partial charge in [-0.2, -0.15) is 0 Å². The summed E-state index contributed by atoms with van der Waals surface area (Å²) in [6, 6.07) is 17.8. The molecular formula is C27H33N3O5. The first-order chi connectivity index (χ1) is 16.7. The van der Waals surface area contributed by atoms with Gasteiger partial charge in [-0.3, -0.25) is 4.79 Å². The molecule has 0 aromatic heterocycles. The van der Waals surface area contributed by atoms with Crippen LogP contribution in [0.15, 0.2) is 60.7 Å². The van der Waals surface area contributed by atoms with Gasteiger partial charge in [0, 0.05) is 31.2 Å². The molecule has 0 spiro atoms. The number of piperazine rings is 1. The molecule has 4 rings (SSSR count). The van der Waals surface area contributed by atoms with Crippen LogP contribution in [0.1, 0.15) is 44.0 Å². The Morgan fingerprint density at radius 2 is 1.57 bits per heavy atom. The van der Waals surface area contributed by atoms with Gasteiger partial charge in [0.2, 0.25) is 5.91 Å². The monoisotopic (exact) mass is 479 g/mol. The first-order valence-corrected chi connectivity index (χ1v) is 12.1. The van der Waals surface area contributed by atoms with Crippen LogP contribution in [-0.2, 0) is 14.4 Å². The molecule has 0 bridgehead atoms. The molecule has 1 aliphatic carbocycles. The van der Waals surface area contributed by atoms with Crippen LogP contribution in [0, 0.1) is 5.92 Å². The van der Waals surface area contributed by atoms with Gasteiger partial charge in [-0.25, -0.2) is 9.59 Å². The molecule has 1 saturated carbocycles. The molecule has 8 nitrogen and oxygen atoms in total. The quantitative estimate of drug-likeness (QED) is 0.620. The lowest BCUT2D eigenvalue weighted by atomic mass is 10.1. The van der Waals surface area contributed by atoms with Gasteiger partial charge in [-0.15, -0.1) is 5.06 Å². The number of nitrogens with zero attached hydrogens (tertiary/aromatic N) is 3. The molecule has 35 heavy (non-hydrogen) atoms. The van der Waals surface area contributed by atoms with Gasteiger partial charge < -0.3 is 19.4 Å². The number of hydroxylamine groups is 2. The first-order valence-electron chi connectivity index (χ1n) is 12.1. The smallest absolute Gasteiger partial charge is 0.410 e. The highest BCUT2D eigenvalue weighted by Crippen LogP contribution is 2.33. The largest absolute Gasteiger partial charge is 0.444 e. The summed E-state index contributed by atoms with van der Waals surface area (Å²) in [5.74, 6) is -0.401. The Morgan fingerprint density at radius 1 is 0.943 bits per heavy atom. The Balaban J connectivity index is 1.56. The average molecular weight is 480 g/mol. The third-order valence-electron chi connectivity index (χ3n) is 5.94. The van der Waals surface area contributed by atoms with E-state index in [1.165, 1.54) is 0 Å². The predicted octanol–water partition coefficient (Wildman–Crippen LogP) is 4.12. The van der Waals surface area contributed by atoms with Crippen molar-refractivity contribution in [3.8, 4) is 0 Å². The molecule has 8 heteroatoms. The van der Waals surface area contributed by atoms with Crippen LogP contribution in [0.4, 0.5) is 10.5 Å². The summed E-state index contributed by atoms with van der Waals surface area (Å²) in [6.45, 7) is 6.67. The SMILES string of the molecule is CC(C)(C)OC(=O)N1CCN(OC(=O)c2ccccc2)C(CN(C(=O)C2CC2)c2ccccc2)C1. The number of hydrogen-bond acceptors (Lipinski definition) is 6. The van der Waals surface area contributed by atoms with Crippen molar-refractivity contribution in [2.24, 2.45) is 5.92 Å². The van der Waals surface area contributed by atoms with Gasteiger partial charge in [0.25, 0.3) is 0 Å². The first kappa shape index (κ1) is 24.7. The van der Waals surface area contributed by atoms with Crippen LogP contribution < -0.4 is 4.90 Å². The summed E-state index contributed by atoms with van der Waals surface area (Å²) in [5, 5.41) is 1.60. The third kappa shape index (κ3) is 6.60. The van der Waals surface area contributed by atoms with Crippen molar-refractivity contribution in [1.82, 2.24) is 9.96 Å². The van der Waals surface area contributed by atoms with E-state index in [9.17, 15) is 14.4 Å². The van der Waals surface area contributed by atoms with Gasteiger partial charge in [0.05, 0.1) is 18.2 Å². The summed E-state index contributed by atoms with van der Waals surface area (Å²) >= 11 is 0. The van der Waals surface area contributed by atoms with E-state index in [1.807, 2.05) is 57.2 Å². The molecule has 1 unspecified atom stereocenters. The molecule has 1 atom stereocenters. The van der Waals surface area contributed by atoms with Crippen LogP contribution >= 0.6 is 0 Å². The molecule has 1 aliphatic heterocycles. The number of carbonyl (C=O) groups excluding carboxylic acids is 3. The molecule has 1 saturated heterocycles. The Labute approximate surface area is 206 Å². The molecule has 2 amide bonds. The van der Waals surface area contributed by atoms with E-state index in [-0.39, 0.29) is 24.9 Å². The Morgan fingerprint density at radius 3 is 2.17 bits per heavy atom. The van der Waals surface area contributed by atoms with E-state index >= 15 is 0 Å². The van der Waals surface area contributed by atoms with E-state index in [1.54, 1.807) is 39.1 Å². The fraction of sp³-hybridized carbons (Fsp3) is 0.444. The van der Waals surface area contributed by atoms with E-state index < -0.39 is 23.7 Å². The maximum Gasteiger partial charge on any atom is 0.410 e. The van der Waals surface area contributed by atoms with Gasteiger partial charge in [0.15, 0.2) is 0 Å². The summed E-state index contributed by atoms with van der Waals surface area (Å²) in [5.41, 5.74) is 0.601. The molecule has 1 heterocycles. The number of ether oxygens (including phenoxy) is 1. The van der Waals surface area contributed by atoms with Gasteiger partial charge >= 0.3 is 12.1 Å². The second-order valence-corrected chi connectivity index (χ2v) is 10.0. The van der Waals surface area contributed by atoms with E-state index in [0.29, 0.717) is 18.7 Å². The second kappa shape index (κ2) is 10.5. The van der Waals surface area contributed by atoms with Crippen LogP contribution in [-0.4, -0.2) is 65.8 Å². The van der Waals surface area contributed by atoms with Crippen molar-refractivity contribution < 1.29 is 24.0 Å². The zero-order valence-corrected chi connectivity index (χ0v) is 20.6. The Bertz CT molecular complexity index is 1030. The standard InChI is InChI=1S/C27H33N3O5/c1-27(2,3)34-26(33)28-16-17-30(35-25(32)21-10-6-4-7-11-21)23(18-28)19-29(24(31)20-14-15-20)22-12-8-5-9-13-22/h4-13,20,23H,14-19H2,1-3H3. The second-order valence-electron chi connectivity index (χ2n) is 10.0. The minimum atomic E-state index is -0.624. The van der Waals surface area contributed by atoms with Crippen molar-refractivity contribution in [1.29, 1.82) is 0 Å². The van der Waals surface area contributed by atoms with Crippen molar-refractivity contribution >= 4 is 23.7 Å². The van der Waals surface area contributed by atoms with E-state index in [4.69, 9.17) is 9.57 Å². The highest BCUT2D eigenvalue weighted by Gasteiger charge is 2.39. The minimum Gasteiger partial charge on any atom is -0.444 e.